The van der Waals surface area contributed by atoms with Gasteiger partial charge in [-0.1, -0.05) is 177 Å². The summed E-state index contributed by atoms with van der Waals surface area (Å²) < 4.78 is 34.7. The summed E-state index contributed by atoms with van der Waals surface area (Å²) in [5.74, 6) is -0.340. The Morgan fingerprint density at radius 2 is 0.967 bits per heavy atom. The van der Waals surface area contributed by atoms with Gasteiger partial charge in [-0.25, -0.2) is 0 Å². The number of carbonyl (C=O) groups excluding carboxylic acids is 1. The summed E-state index contributed by atoms with van der Waals surface area (Å²) in [6, 6.07) is 0. The van der Waals surface area contributed by atoms with Crippen molar-refractivity contribution in [2.24, 2.45) is 0 Å². The summed E-state index contributed by atoms with van der Waals surface area (Å²) in [6.45, 7) is 5.27. The van der Waals surface area contributed by atoms with Crippen LogP contribution in [-0.4, -0.2) is 70.7 Å². The standard InChI is InChI=1S/C51H94NO7P/c1-6-8-10-12-14-16-18-20-21-22-23-24-25-26-27-28-29-30-31-32-34-36-38-40-42-44-51(53)59-50(49-58-60(54,55)57-47-45-52(3,4)5)48-56-46-43-41-39-37-35-33-19-17-15-13-11-9-7-2/h8,10,14-17,20-21,23-24,50H,6-7,9,11-13,18-19,22,25-49H2,1-5H3/b10-8-,16-14-,17-15-,21-20-,24-23-. The fourth-order valence-corrected chi connectivity index (χ4v) is 7.26. The Kier molecular flexibility index (Phi) is 42.5. The van der Waals surface area contributed by atoms with Gasteiger partial charge in [0, 0.05) is 13.0 Å². The number of esters is 1. The van der Waals surface area contributed by atoms with Crippen LogP contribution in [0.3, 0.4) is 0 Å². The molecule has 2 unspecified atom stereocenters. The molecule has 0 spiro atoms. The highest BCUT2D eigenvalue weighted by Gasteiger charge is 2.20. The van der Waals surface area contributed by atoms with Crippen molar-refractivity contribution in [2.45, 2.75) is 206 Å². The van der Waals surface area contributed by atoms with E-state index in [0.717, 1.165) is 57.8 Å². The lowest BCUT2D eigenvalue weighted by atomic mass is 10.0. The summed E-state index contributed by atoms with van der Waals surface area (Å²) in [4.78, 5) is 25.1. The first-order valence-electron chi connectivity index (χ1n) is 24.5. The molecule has 0 saturated carbocycles. The van der Waals surface area contributed by atoms with Crippen molar-refractivity contribution in [3.63, 3.8) is 0 Å². The Labute approximate surface area is 370 Å². The van der Waals surface area contributed by atoms with Crippen LogP contribution in [0.1, 0.15) is 200 Å². The third kappa shape index (κ3) is 47.3. The van der Waals surface area contributed by atoms with Crippen LogP contribution in [0.15, 0.2) is 60.8 Å². The minimum Gasteiger partial charge on any atom is -0.756 e. The first kappa shape index (κ1) is 58.2. The molecule has 0 heterocycles. The van der Waals surface area contributed by atoms with E-state index in [2.05, 4.69) is 74.6 Å². The largest absolute Gasteiger partial charge is 0.756 e. The van der Waals surface area contributed by atoms with E-state index in [1.807, 2.05) is 21.1 Å². The van der Waals surface area contributed by atoms with E-state index in [4.69, 9.17) is 18.5 Å². The van der Waals surface area contributed by atoms with Gasteiger partial charge in [-0.2, -0.15) is 0 Å². The first-order valence-corrected chi connectivity index (χ1v) is 26.0. The number of allylic oxidation sites excluding steroid dienone is 10. The van der Waals surface area contributed by atoms with Crippen LogP contribution in [0, 0.1) is 0 Å². The van der Waals surface area contributed by atoms with Gasteiger partial charge in [0.2, 0.25) is 0 Å². The molecular formula is C51H94NO7P. The van der Waals surface area contributed by atoms with Crippen LogP contribution in [0.4, 0.5) is 0 Å². The van der Waals surface area contributed by atoms with E-state index in [1.54, 1.807) is 0 Å². The summed E-state index contributed by atoms with van der Waals surface area (Å²) in [5.41, 5.74) is 0. The molecule has 8 nitrogen and oxygen atoms in total. The smallest absolute Gasteiger partial charge is 0.306 e. The third-order valence-electron chi connectivity index (χ3n) is 10.3. The van der Waals surface area contributed by atoms with Crippen LogP contribution < -0.4 is 4.89 Å². The van der Waals surface area contributed by atoms with Crippen molar-refractivity contribution in [2.75, 3.05) is 54.1 Å². The highest BCUT2D eigenvalue weighted by atomic mass is 31.2. The minimum absolute atomic E-state index is 0.0230. The van der Waals surface area contributed by atoms with Crippen molar-refractivity contribution in [3.8, 4) is 0 Å². The van der Waals surface area contributed by atoms with Gasteiger partial charge in [0.25, 0.3) is 7.82 Å². The van der Waals surface area contributed by atoms with Gasteiger partial charge in [0.1, 0.15) is 19.3 Å². The van der Waals surface area contributed by atoms with E-state index in [1.165, 1.54) is 122 Å². The predicted molar refractivity (Wildman–Crippen MR) is 254 cm³/mol. The van der Waals surface area contributed by atoms with Gasteiger partial charge in [0.05, 0.1) is 34.4 Å². The molecule has 0 aromatic carbocycles. The zero-order valence-electron chi connectivity index (χ0n) is 39.6. The zero-order valence-corrected chi connectivity index (χ0v) is 40.5. The van der Waals surface area contributed by atoms with E-state index in [9.17, 15) is 14.3 Å². The predicted octanol–water partition coefficient (Wildman–Crippen LogP) is 14.3. The number of nitrogens with zero attached hydrogens (tertiary/aromatic N) is 1. The number of rotatable bonds is 45. The Balaban J connectivity index is 4.11. The molecule has 0 fully saturated rings. The van der Waals surface area contributed by atoms with Gasteiger partial charge < -0.3 is 27.9 Å². The molecule has 0 radical (unpaired) electrons. The van der Waals surface area contributed by atoms with E-state index < -0.39 is 13.9 Å². The quantitative estimate of drug-likeness (QED) is 0.0198. The molecule has 0 aliphatic rings. The Morgan fingerprint density at radius 1 is 0.533 bits per heavy atom. The van der Waals surface area contributed by atoms with Crippen molar-refractivity contribution in [1.29, 1.82) is 0 Å². The van der Waals surface area contributed by atoms with Crippen molar-refractivity contribution < 1.29 is 37.3 Å². The molecule has 0 aliphatic carbocycles. The number of likely N-dealkylation sites (N-methyl/N-ethyl adjacent to an activating group) is 1. The van der Waals surface area contributed by atoms with Crippen LogP contribution in [0.25, 0.3) is 0 Å². The fraction of sp³-hybridized carbons (Fsp3) is 0.784. The first-order chi connectivity index (χ1) is 29.1. The number of unbranched alkanes of at least 4 members (excludes halogenated alkanes) is 21. The van der Waals surface area contributed by atoms with E-state index >= 15 is 0 Å². The number of ether oxygens (including phenoxy) is 2. The molecule has 0 rings (SSSR count). The Bertz CT molecular complexity index is 1140. The van der Waals surface area contributed by atoms with Crippen molar-refractivity contribution in [3.05, 3.63) is 60.8 Å². The van der Waals surface area contributed by atoms with Crippen molar-refractivity contribution in [1.82, 2.24) is 0 Å². The van der Waals surface area contributed by atoms with Crippen LogP contribution >= 0.6 is 7.82 Å². The van der Waals surface area contributed by atoms with Gasteiger partial charge in [-0.05, 0) is 77.0 Å². The lowest BCUT2D eigenvalue weighted by Crippen LogP contribution is -2.37. The Hall–Kier alpha value is -1.80. The molecule has 9 heteroatoms. The summed E-state index contributed by atoms with van der Waals surface area (Å²) >= 11 is 0. The SMILES string of the molecule is CC/C=C\C/C=C\C/C=C\C/C=C\CCCCCCCCCCCCCCC(=O)OC(COCCCCCCCC/C=C\CCCCC)COP(=O)([O-])OCC[N+](C)(C)C. The van der Waals surface area contributed by atoms with Crippen LogP contribution in [0.2, 0.25) is 0 Å². The maximum atomic E-state index is 12.7. The molecule has 0 aromatic rings. The third-order valence-corrected chi connectivity index (χ3v) is 11.3. The van der Waals surface area contributed by atoms with E-state index in [-0.39, 0.29) is 25.8 Å². The normalized spacial score (nSPS) is 14.2. The summed E-state index contributed by atoms with van der Waals surface area (Å²) in [5, 5.41) is 0. The fourth-order valence-electron chi connectivity index (χ4n) is 6.53. The van der Waals surface area contributed by atoms with Gasteiger partial charge in [-0.15, -0.1) is 0 Å². The van der Waals surface area contributed by atoms with Gasteiger partial charge in [-0.3, -0.25) is 9.36 Å². The molecule has 350 valence electrons. The second-order valence-corrected chi connectivity index (χ2v) is 18.8. The van der Waals surface area contributed by atoms with Gasteiger partial charge in [0.15, 0.2) is 0 Å². The second-order valence-electron chi connectivity index (χ2n) is 17.4. The monoisotopic (exact) mass is 864 g/mol. The molecule has 0 amide bonds. The molecule has 60 heavy (non-hydrogen) atoms. The van der Waals surface area contributed by atoms with Crippen molar-refractivity contribution >= 4 is 13.8 Å². The minimum atomic E-state index is -4.53. The molecule has 0 bridgehead atoms. The molecule has 0 saturated heterocycles. The number of phosphoric ester groups is 1. The Morgan fingerprint density at radius 3 is 1.47 bits per heavy atom. The summed E-state index contributed by atoms with van der Waals surface area (Å²) in [6.07, 6.45) is 55.2. The molecule has 0 aromatic heterocycles. The summed E-state index contributed by atoms with van der Waals surface area (Å²) in [7, 11) is 1.35. The number of quaternary nitrogens is 1. The molecule has 0 N–H and O–H groups in total. The van der Waals surface area contributed by atoms with Crippen LogP contribution in [-0.2, 0) is 27.9 Å². The number of carbonyl (C=O) groups is 1. The molecule has 0 aliphatic heterocycles. The average Bonchev–Trinajstić information content (AvgIpc) is 3.20. The maximum Gasteiger partial charge on any atom is 0.306 e. The number of hydrogen-bond donors (Lipinski definition) is 0. The second kappa shape index (κ2) is 43.8. The topological polar surface area (TPSA) is 94.1 Å². The lowest BCUT2D eigenvalue weighted by Gasteiger charge is -2.28. The average molecular weight is 864 g/mol. The highest BCUT2D eigenvalue weighted by Crippen LogP contribution is 2.38. The zero-order chi connectivity index (χ0) is 44.1. The molecular weight excluding hydrogens is 770 g/mol. The number of hydrogen-bond acceptors (Lipinski definition) is 7. The van der Waals surface area contributed by atoms with E-state index in [0.29, 0.717) is 24.1 Å². The highest BCUT2D eigenvalue weighted by molar-refractivity contribution is 7.45. The molecule has 2 atom stereocenters. The lowest BCUT2D eigenvalue weighted by molar-refractivity contribution is -0.870. The number of phosphoric acid groups is 1. The van der Waals surface area contributed by atoms with Crippen LogP contribution in [0.5, 0.6) is 0 Å². The van der Waals surface area contributed by atoms with Gasteiger partial charge >= 0.3 is 5.97 Å². The maximum absolute atomic E-state index is 12.7.